The third-order valence-electron chi connectivity index (χ3n) is 2.88. The van der Waals surface area contributed by atoms with Crippen LogP contribution in [0.3, 0.4) is 0 Å². The molecule has 0 N–H and O–H groups in total. The number of carbonyl (C=O) groups is 1. The highest BCUT2D eigenvalue weighted by atomic mass is 16.1. The number of aryl methyl sites for hydroxylation is 1. The number of carbonyl (C=O) groups excluding carboxylic acids is 1. The molecule has 2 nitrogen and oxygen atoms in total. The average molecular weight is 189 g/mol. The molecule has 0 saturated carbocycles. The normalized spacial score (nSPS) is 16.2. The molecule has 0 fully saturated rings. The molecule has 2 rings (SSSR count). The van der Waals surface area contributed by atoms with Crippen LogP contribution in [-0.2, 0) is 12.8 Å². The molecule has 0 bridgehead atoms. The van der Waals surface area contributed by atoms with Crippen LogP contribution in [0.15, 0.2) is 12.3 Å². The number of hydrogen-bond donors (Lipinski definition) is 0. The van der Waals surface area contributed by atoms with E-state index in [0.717, 1.165) is 31.4 Å². The number of nitrogens with zero attached hydrogens (tertiary/aromatic N) is 1. The van der Waals surface area contributed by atoms with E-state index in [1.54, 1.807) is 6.20 Å². The van der Waals surface area contributed by atoms with Crippen LogP contribution in [0.25, 0.3) is 0 Å². The van der Waals surface area contributed by atoms with Gasteiger partial charge in [0.2, 0.25) is 0 Å². The zero-order valence-corrected chi connectivity index (χ0v) is 8.55. The van der Waals surface area contributed by atoms with E-state index in [0.29, 0.717) is 6.42 Å². The van der Waals surface area contributed by atoms with Crippen molar-refractivity contribution in [2.24, 2.45) is 0 Å². The summed E-state index contributed by atoms with van der Waals surface area (Å²) in [6.45, 7) is 2.13. The monoisotopic (exact) mass is 189 g/mol. The van der Waals surface area contributed by atoms with Gasteiger partial charge >= 0.3 is 0 Å². The van der Waals surface area contributed by atoms with Gasteiger partial charge in [0.1, 0.15) is 5.69 Å². The van der Waals surface area contributed by atoms with E-state index in [-0.39, 0.29) is 5.78 Å². The smallest absolute Gasteiger partial charge is 0.181 e. The van der Waals surface area contributed by atoms with Crippen LogP contribution in [0.5, 0.6) is 0 Å². The van der Waals surface area contributed by atoms with Crippen molar-refractivity contribution in [2.45, 2.75) is 39.0 Å². The van der Waals surface area contributed by atoms with Crippen LogP contribution < -0.4 is 0 Å². The van der Waals surface area contributed by atoms with E-state index in [1.807, 2.05) is 6.07 Å². The number of rotatable bonds is 1. The first-order valence-corrected chi connectivity index (χ1v) is 5.33. The third kappa shape index (κ3) is 1.57. The lowest BCUT2D eigenvalue weighted by Gasteiger charge is -2.08. The van der Waals surface area contributed by atoms with Gasteiger partial charge in [0.25, 0.3) is 0 Å². The molecule has 0 amide bonds. The number of aromatic nitrogens is 1. The van der Waals surface area contributed by atoms with Gasteiger partial charge in [0, 0.05) is 12.6 Å². The first-order valence-electron chi connectivity index (χ1n) is 5.33. The van der Waals surface area contributed by atoms with Gasteiger partial charge in [-0.3, -0.25) is 9.78 Å². The van der Waals surface area contributed by atoms with Gasteiger partial charge in [-0.25, -0.2) is 0 Å². The van der Waals surface area contributed by atoms with Crippen molar-refractivity contribution < 1.29 is 4.79 Å². The summed E-state index contributed by atoms with van der Waals surface area (Å²) in [5.41, 5.74) is 3.24. The van der Waals surface area contributed by atoms with Gasteiger partial charge in [0.15, 0.2) is 5.78 Å². The van der Waals surface area contributed by atoms with Gasteiger partial charge in [-0.2, -0.15) is 0 Å². The quantitative estimate of drug-likeness (QED) is 0.635. The molecule has 1 aliphatic rings. The lowest BCUT2D eigenvalue weighted by Crippen LogP contribution is -2.06. The van der Waals surface area contributed by atoms with E-state index < -0.39 is 0 Å². The molecule has 1 heterocycles. The highest BCUT2D eigenvalue weighted by Gasteiger charge is 2.18. The zero-order chi connectivity index (χ0) is 9.97. The molecule has 1 aromatic rings. The van der Waals surface area contributed by atoms with Crippen LogP contribution in [-0.4, -0.2) is 10.8 Å². The second-order valence-corrected chi connectivity index (χ2v) is 3.78. The highest BCUT2D eigenvalue weighted by molar-refractivity contribution is 5.96. The Labute approximate surface area is 84.4 Å². The fourth-order valence-corrected chi connectivity index (χ4v) is 2.09. The fraction of sp³-hybridized carbons (Fsp3) is 0.500. The lowest BCUT2D eigenvalue weighted by molar-refractivity contribution is 0.0977. The second kappa shape index (κ2) is 3.91. The Morgan fingerprint density at radius 2 is 2.14 bits per heavy atom. The number of pyridine rings is 1. The van der Waals surface area contributed by atoms with Crippen LogP contribution in [0, 0.1) is 0 Å². The Bertz CT molecular complexity index is 357. The standard InChI is InChI=1S/C12H15NO/c1-2-9-7-8-13-12-10(9)5-3-4-6-11(12)14/h7-8H,2-6H2,1H3. The van der Waals surface area contributed by atoms with Crippen molar-refractivity contribution in [2.75, 3.05) is 0 Å². The maximum absolute atomic E-state index is 11.7. The Hall–Kier alpha value is -1.18. The summed E-state index contributed by atoms with van der Waals surface area (Å²) < 4.78 is 0. The summed E-state index contributed by atoms with van der Waals surface area (Å²) in [4.78, 5) is 15.9. The van der Waals surface area contributed by atoms with E-state index in [9.17, 15) is 4.79 Å². The summed E-state index contributed by atoms with van der Waals surface area (Å²) in [5, 5.41) is 0. The van der Waals surface area contributed by atoms with Gasteiger partial charge in [-0.15, -0.1) is 0 Å². The maximum atomic E-state index is 11.7. The first kappa shape index (κ1) is 9.38. The van der Waals surface area contributed by atoms with Gasteiger partial charge in [-0.1, -0.05) is 6.92 Å². The Kier molecular flexibility index (Phi) is 2.62. The summed E-state index contributed by atoms with van der Waals surface area (Å²) in [7, 11) is 0. The summed E-state index contributed by atoms with van der Waals surface area (Å²) in [6, 6.07) is 2.04. The van der Waals surface area contributed by atoms with Gasteiger partial charge < -0.3 is 0 Å². The zero-order valence-electron chi connectivity index (χ0n) is 8.55. The molecule has 0 saturated heterocycles. The Morgan fingerprint density at radius 3 is 2.93 bits per heavy atom. The summed E-state index contributed by atoms with van der Waals surface area (Å²) in [6.07, 6.45) is 6.60. The van der Waals surface area contributed by atoms with Crippen molar-refractivity contribution in [1.29, 1.82) is 0 Å². The molecule has 1 aromatic heterocycles. The molecule has 0 atom stereocenters. The third-order valence-corrected chi connectivity index (χ3v) is 2.88. The molecule has 1 aliphatic carbocycles. The number of hydrogen-bond acceptors (Lipinski definition) is 2. The predicted molar refractivity (Wildman–Crippen MR) is 55.5 cm³/mol. The molecule has 2 heteroatoms. The Morgan fingerprint density at radius 1 is 1.36 bits per heavy atom. The minimum atomic E-state index is 0.229. The number of ketones is 1. The Balaban J connectivity index is 2.51. The minimum absolute atomic E-state index is 0.229. The van der Waals surface area contributed by atoms with Crippen LogP contribution in [0.4, 0.5) is 0 Å². The number of fused-ring (bicyclic) bond motifs is 1. The van der Waals surface area contributed by atoms with Crippen LogP contribution in [0.1, 0.15) is 47.8 Å². The lowest BCUT2D eigenvalue weighted by atomic mass is 10.0. The summed E-state index contributed by atoms with van der Waals surface area (Å²) in [5.74, 6) is 0.229. The van der Waals surface area contributed by atoms with Crippen molar-refractivity contribution in [3.05, 3.63) is 29.1 Å². The van der Waals surface area contributed by atoms with Crippen molar-refractivity contribution in [3.8, 4) is 0 Å². The molecule has 14 heavy (non-hydrogen) atoms. The fourth-order valence-electron chi connectivity index (χ4n) is 2.09. The van der Waals surface area contributed by atoms with E-state index in [4.69, 9.17) is 0 Å². The van der Waals surface area contributed by atoms with Crippen molar-refractivity contribution in [1.82, 2.24) is 4.98 Å². The van der Waals surface area contributed by atoms with Gasteiger partial charge in [-0.05, 0) is 42.9 Å². The van der Waals surface area contributed by atoms with Gasteiger partial charge in [0.05, 0.1) is 0 Å². The predicted octanol–water partition coefficient (Wildman–Crippen LogP) is 2.55. The van der Waals surface area contributed by atoms with Crippen molar-refractivity contribution in [3.63, 3.8) is 0 Å². The average Bonchev–Trinajstić information content (AvgIpc) is 2.41. The SMILES string of the molecule is CCc1ccnc2c1CCCCC2=O. The topological polar surface area (TPSA) is 30.0 Å². The molecule has 0 spiro atoms. The van der Waals surface area contributed by atoms with Crippen LogP contribution >= 0.6 is 0 Å². The molecule has 0 unspecified atom stereocenters. The van der Waals surface area contributed by atoms with Crippen molar-refractivity contribution >= 4 is 5.78 Å². The molecule has 74 valence electrons. The summed E-state index contributed by atoms with van der Waals surface area (Å²) >= 11 is 0. The molecule has 0 aromatic carbocycles. The molecule has 0 aliphatic heterocycles. The van der Waals surface area contributed by atoms with E-state index in [2.05, 4.69) is 11.9 Å². The van der Waals surface area contributed by atoms with E-state index >= 15 is 0 Å². The number of Topliss-reactive ketones (excluding diaryl/α,β-unsaturated/α-hetero) is 1. The maximum Gasteiger partial charge on any atom is 0.181 e. The van der Waals surface area contributed by atoms with Crippen LogP contribution in [0.2, 0.25) is 0 Å². The largest absolute Gasteiger partial charge is 0.292 e. The van der Waals surface area contributed by atoms with E-state index in [1.165, 1.54) is 11.1 Å². The highest BCUT2D eigenvalue weighted by Crippen LogP contribution is 2.22. The molecular formula is C12H15NO. The molecular weight excluding hydrogens is 174 g/mol. The molecule has 0 radical (unpaired) electrons. The first-order chi connectivity index (χ1) is 6.83. The second-order valence-electron chi connectivity index (χ2n) is 3.78. The minimum Gasteiger partial charge on any atom is -0.292 e.